The van der Waals surface area contributed by atoms with Crippen LogP contribution in [0.25, 0.3) is 0 Å². The Morgan fingerprint density at radius 1 is 0.511 bits per heavy atom. The predicted molar refractivity (Wildman–Crippen MR) is 194 cm³/mol. The fourth-order valence-corrected chi connectivity index (χ4v) is 6.26. The Labute approximate surface area is 285 Å². The van der Waals surface area contributed by atoms with Crippen molar-refractivity contribution in [3.8, 4) is 0 Å². The molecule has 45 heavy (non-hydrogen) atoms. The Balaban J connectivity index is 3.74. The number of rotatable bonds is 36. The molecule has 1 atom stereocenters. The highest BCUT2D eigenvalue weighted by molar-refractivity contribution is 6.18. The summed E-state index contributed by atoms with van der Waals surface area (Å²) in [6.45, 7) is 10.4. The minimum atomic E-state index is -0.0198. The lowest BCUT2D eigenvalue weighted by Gasteiger charge is -2.21. The van der Waals surface area contributed by atoms with Gasteiger partial charge < -0.3 is 14.4 Å². The fraction of sp³-hybridized carbons (Fsp3) is 0.949. The summed E-state index contributed by atoms with van der Waals surface area (Å²) in [6.07, 6.45) is 32.0. The van der Waals surface area contributed by atoms with E-state index in [1.54, 1.807) is 0 Å². The third-order valence-corrected chi connectivity index (χ3v) is 9.08. The number of hydrogen-bond donors (Lipinski definition) is 0. The summed E-state index contributed by atoms with van der Waals surface area (Å²) >= 11 is 6.08. The number of unbranched alkanes of at least 4 members (excludes halogenated alkanes) is 19. The quantitative estimate of drug-likeness (QED) is 0.0381. The molecule has 0 aromatic rings. The van der Waals surface area contributed by atoms with E-state index in [0.717, 1.165) is 71.0 Å². The van der Waals surface area contributed by atoms with Gasteiger partial charge in [0.25, 0.3) is 0 Å². The Bertz CT molecular complexity index is 632. The number of hydrogen-bond acceptors (Lipinski definition) is 5. The molecular formula is C39H76ClNO4. The maximum Gasteiger partial charge on any atom is 0.306 e. The van der Waals surface area contributed by atoms with Crippen molar-refractivity contribution in [1.29, 1.82) is 0 Å². The van der Waals surface area contributed by atoms with Gasteiger partial charge in [-0.1, -0.05) is 136 Å². The molecule has 0 amide bonds. The number of nitrogens with zero attached hydrogens (tertiary/aromatic N) is 1. The summed E-state index contributed by atoms with van der Waals surface area (Å²) in [5.74, 6) is 0.668. The van der Waals surface area contributed by atoms with E-state index in [0.29, 0.717) is 25.3 Å². The van der Waals surface area contributed by atoms with Crippen molar-refractivity contribution in [3.63, 3.8) is 0 Å². The number of esters is 2. The highest BCUT2D eigenvalue weighted by atomic mass is 35.5. The third kappa shape index (κ3) is 32.9. The minimum Gasteiger partial charge on any atom is -0.466 e. The SMILES string of the molecule is CCCCCCCCCOC(=O)CCCCCCCN(CCCl)CCCCCCCC(=O)OC(CCC)CCCCCCCC. The molecule has 0 saturated heterocycles. The number of carbonyl (C=O) groups excluding carboxylic acids is 2. The van der Waals surface area contributed by atoms with Crippen molar-refractivity contribution in [3.05, 3.63) is 0 Å². The van der Waals surface area contributed by atoms with Crippen molar-refractivity contribution < 1.29 is 19.1 Å². The molecule has 0 radical (unpaired) electrons. The molecule has 0 bridgehead atoms. The van der Waals surface area contributed by atoms with Gasteiger partial charge in [-0.05, 0) is 64.5 Å². The molecule has 0 fully saturated rings. The molecule has 268 valence electrons. The second kappa shape index (κ2) is 36.0. The third-order valence-electron chi connectivity index (χ3n) is 8.91. The largest absolute Gasteiger partial charge is 0.466 e. The summed E-state index contributed by atoms with van der Waals surface area (Å²) in [5.41, 5.74) is 0. The second-order valence-corrected chi connectivity index (χ2v) is 13.7. The Morgan fingerprint density at radius 2 is 0.978 bits per heavy atom. The summed E-state index contributed by atoms with van der Waals surface area (Å²) in [5, 5.41) is 0. The van der Waals surface area contributed by atoms with Crippen LogP contribution >= 0.6 is 11.6 Å². The molecule has 0 spiro atoms. The standard InChI is InChI=1S/C39H76ClNO4/c1-4-7-9-11-13-21-27-36-44-38(42)30-23-17-14-19-25-33-41(35-32-40)34-26-20-15-18-24-31-39(43)45-37(28-6-3)29-22-16-12-10-8-5-2/h37H,4-36H2,1-3H3. The van der Waals surface area contributed by atoms with Crippen molar-refractivity contribution >= 4 is 23.5 Å². The molecule has 6 heteroatoms. The van der Waals surface area contributed by atoms with Crippen LogP contribution in [-0.2, 0) is 19.1 Å². The maximum absolute atomic E-state index is 12.4. The first-order valence-corrected chi connectivity index (χ1v) is 20.2. The highest BCUT2D eigenvalue weighted by Gasteiger charge is 2.13. The summed E-state index contributed by atoms with van der Waals surface area (Å²) in [4.78, 5) is 26.8. The van der Waals surface area contributed by atoms with E-state index >= 15 is 0 Å². The molecule has 0 rings (SSSR count). The minimum absolute atomic E-state index is 0.00598. The molecule has 0 aromatic carbocycles. The molecule has 0 aliphatic carbocycles. The molecule has 5 nitrogen and oxygen atoms in total. The first-order valence-electron chi connectivity index (χ1n) is 19.7. The first-order chi connectivity index (χ1) is 22.1. The van der Waals surface area contributed by atoms with E-state index in [9.17, 15) is 9.59 Å². The maximum atomic E-state index is 12.4. The van der Waals surface area contributed by atoms with Crippen LogP contribution in [0.3, 0.4) is 0 Å². The normalized spacial score (nSPS) is 12.1. The monoisotopic (exact) mass is 658 g/mol. The number of alkyl halides is 1. The molecule has 0 aliphatic heterocycles. The van der Waals surface area contributed by atoms with E-state index in [4.69, 9.17) is 21.1 Å². The van der Waals surface area contributed by atoms with Crippen LogP contribution in [0.5, 0.6) is 0 Å². The van der Waals surface area contributed by atoms with Crippen molar-refractivity contribution in [2.24, 2.45) is 0 Å². The average Bonchev–Trinajstić information content (AvgIpc) is 3.03. The molecule has 0 heterocycles. The van der Waals surface area contributed by atoms with Crippen LogP contribution in [0, 0.1) is 0 Å². The molecule has 0 aliphatic rings. The molecule has 1 unspecified atom stereocenters. The smallest absolute Gasteiger partial charge is 0.306 e. The zero-order valence-corrected chi connectivity index (χ0v) is 31.1. The van der Waals surface area contributed by atoms with E-state index < -0.39 is 0 Å². The van der Waals surface area contributed by atoms with Gasteiger partial charge in [-0.3, -0.25) is 9.59 Å². The van der Waals surface area contributed by atoms with Gasteiger partial charge in [0.15, 0.2) is 0 Å². The van der Waals surface area contributed by atoms with Crippen LogP contribution in [-0.4, -0.2) is 55.1 Å². The van der Waals surface area contributed by atoms with Crippen molar-refractivity contribution in [1.82, 2.24) is 4.90 Å². The van der Waals surface area contributed by atoms with E-state index in [-0.39, 0.29) is 18.0 Å². The molecule has 0 N–H and O–H groups in total. The first kappa shape index (κ1) is 44.2. The van der Waals surface area contributed by atoms with E-state index in [2.05, 4.69) is 25.7 Å². The van der Waals surface area contributed by atoms with Gasteiger partial charge in [-0.2, -0.15) is 0 Å². The van der Waals surface area contributed by atoms with E-state index in [1.165, 1.54) is 116 Å². The lowest BCUT2D eigenvalue weighted by Crippen LogP contribution is -2.28. The van der Waals surface area contributed by atoms with Gasteiger partial charge in [0.2, 0.25) is 0 Å². The average molecular weight is 658 g/mol. The summed E-state index contributed by atoms with van der Waals surface area (Å²) < 4.78 is 11.2. The number of carbonyl (C=O) groups is 2. The van der Waals surface area contributed by atoms with Crippen LogP contribution in [0.15, 0.2) is 0 Å². The van der Waals surface area contributed by atoms with Crippen LogP contribution in [0.4, 0.5) is 0 Å². The predicted octanol–water partition coefficient (Wildman–Crippen LogP) is 12.0. The molecular weight excluding hydrogens is 582 g/mol. The van der Waals surface area contributed by atoms with Crippen LogP contribution in [0.2, 0.25) is 0 Å². The van der Waals surface area contributed by atoms with Crippen molar-refractivity contribution in [2.45, 2.75) is 207 Å². The Kier molecular flexibility index (Phi) is 35.4. The molecule has 0 saturated carbocycles. The van der Waals surface area contributed by atoms with Crippen LogP contribution < -0.4 is 0 Å². The molecule has 0 aromatic heterocycles. The highest BCUT2D eigenvalue weighted by Crippen LogP contribution is 2.16. The fourth-order valence-electron chi connectivity index (χ4n) is 6.02. The lowest BCUT2D eigenvalue weighted by molar-refractivity contribution is -0.150. The Morgan fingerprint density at radius 3 is 1.51 bits per heavy atom. The summed E-state index contributed by atoms with van der Waals surface area (Å²) in [7, 11) is 0. The zero-order valence-electron chi connectivity index (χ0n) is 30.4. The van der Waals surface area contributed by atoms with E-state index in [1.807, 2.05) is 0 Å². The van der Waals surface area contributed by atoms with Gasteiger partial charge in [0.1, 0.15) is 6.10 Å². The number of halogens is 1. The van der Waals surface area contributed by atoms with Gasteiger partial charge in [0, 0.05) is 25.3 Å². The lowest BCUT2D eigenvalue weighted by atomic mass is 10.0. The van der Waals surface area contributed by atoms with Gasteiger partial charge in [-0.15, -0.1) is 11.6 Å². The number of ether oxygens (including phenoxy) is 2. The Hall–Kier alpha value is -0.810. The van der Waals surface area contributed by atoms with Gasteiger partial charge >= 0.3 is 11.9 Å². The topological polar surface area (TPSA) is 55.8 Å². The van der Waals surface area contributed by atoms with Crippen molar-refractivity contribution in [2.75, 3.05) is 32.1 Å². The summed E-state index contributed by atoms with van der Waals surface area (Å²) in [6, 6.07) is 0. The second-order valence-electron chi connectivity index (χ2n) is 13.4. The van der Waals surface area contributed by atoms with Gasteiger partial charge in [-0.25, -0.2) is 0 Å². The zero-order chi connectivity index (χ0) is 33.1. The van der Waals surface area contributed by atoms with Crippen LogP contribution in [0.1, 0.15) is 201 Å². The van der Waals surface area contributed by atoms with Gasteiger partial charge in [0.05, 0.1) is 6.61 Å².